The Kier molecular flexibility index (Phi) is 2.15. The summed E-state index contributed by atoms with van der Waals surface area (Å²) < 4.78 is 0. The van der Waals surface area contributed by atoms with Crippen LogP contribution in [-0.2, 0) is 11.2 Å². The lowest BCUT2D eigenvalue weighted by Gasteiger charge is -2.17. The van der Waals surface area contributed by atoms with Gasteiger partial charge in [-0.3, -0.25) is 4.79 Å². The molecule has 1 aromatic carbocycles. The molecule has 0 unspecified atom stereocenters. The minimum absolute atomic E-state index is 0.120. The van der Waals surface area contributed by atoms with Crippen LogP contribution in [0.4, 0.5) is 5.69 Å². The van der Waals surface area contributed by atoms with E-state index in [9.17, 15) is 9.90 Å². The predicted molar refractivity (Wildman–Crippen MR) is 54.5 cm³/mol. The third-order valence-electron chi connectivity index (χ3n) is 2.68. The molecule has 1 aromatic rings. The SMILES string of the molecule is CN1C(=O)CCCc2c(O)cccc21. The Bertz CT molecular complexity index is 374. The third-order valence-corrected chi connectivity index (χ3v) is 2.68. The van der Waals surface area contributed by atoms with Crippen LogP contribution in [0.25, 0.3) is 0 Å². The van der Waals surface area contributed by atoms with Gasteiger partial charge in [-0.05, 0) is 25.0 Å². The monoisotopic (exact) mass is 191 g/mol. The normalized spacial score (nSPS) is 16.4. The number of carbonyl (C=O) groups is 1. The van der Waals surface area contributed by atoms with Crippen LogP contribution < -0.4 is 4.90 Å². The van der Waals surface area contributed by atoms with E-state index in [0.29, 0.717) is 12.2 Å². The number of amides is 1. The highest BCUT2D eigenvalue weighted by molar-refractivity contribution is 5.94. The molecular formula is C11H13NO2. The lowest BCUT2D eigenvalue weighted by molar-refractivity contribution is -0.118. The first-order valence-corrected chi connectivity index (χ1v) is 4.77. The van der Waals surface area contributed by atoms with Crippen LogP contribution in [0.5, 0.6) is 5.75 Å². The van der Waals surface area contributed by atoms with E-state index in [2.05, 4.69) is 0 Å². The number of benzene rings is 1. The van der Waals surface area contributed by atoms with Gasteiger partial charge in [-0.2, -0.15) is 0 Å². The predicted octanol–water partition coefficient (Wildman–Crippen LogP) is 1.69. The summed E-state index contributed by atoms with van der Waals surface area (Å²) in [5, 5.41) is 9.65. The Morgan fingerprint density at radius 1 is 1.36 bits per heavy atom. The smallest absolute Gasteiger partial charge is 0.226 e. The molecule has 0 atom stereocenters. The molecule has 0 saturated carbocycles. The number of nitrogens with zero attached hydrogens (tertiary/aromatic N) is 1. The second-order valence-electron chi connectivity index (χ2n) is 3.58. The summed E-state index contributed by atoms with van der Waals surface area (Å²) in [6.07, 6.45) is 2.15. The largest absolute Gasteiger partial charge is 0.508 e. The van der Waals surface area contributed by atoms with E-state index < -0.39 is 0 Å². The van der Waals surface area contributed by atoms with E-state index in [0.717, 1.165) is 24.1 Å². The average molecular weight is 191 g/mol. The number of phenols is 1. The summed E-state index contributed by atoms with van der Waals surface area (Å²) in [7, 11) is 1.76. The van der Waals surface area contributed by atoms with Gasteiger partial charge in [0.1, 0.15) is 5.75 Å². The van der Waals surface area contributed by atoms with Crippen LogP contribution in [0.3, 0.4) is 0 Å². The van der Waals surface area contributed by atoms with Gasteiger partial charge in [-0.25, -0.2) is 0 Å². The van der Waals surface area contributed by atoms with Gasteiger partial charge in [-0.15, -0.1) is 0 Å². The van der Waals surface area contributed by atoms with Crippen molar-refractivity contribution >= 4 is 11.6 Å². The average Bonchev–Trinajstić information content (AvgIpc) is 2.31. The number of anilines is 1. The molecule has 2 rings (SSSR count). The van der Waals surface area contributed by atoms with E-state index in [1.165, 1.54) is 0 Å². The number of carbonyl (C=O) groups excluding carboxylic acids is 1. The lowest BCUT2D eigenvalue weighted by Crippen LogP contribution is -2.24. The highest BCUT2D eigenvalue weighted by atomic mass is 16.3. The van der Waals surface area contributed by atoms with Crippen molar-refractivity contribution in [1.29, 1.82) is 0 Å². The second-order valence-corrected chi connectivity index (χ2v) is 3.58. The van der Waals surface area contributed by atoms with Gasteiger partial charge in [0.2, 0.25) is 5.91 Å². The molecule has 74 valence electrons. The molecule has 0 spiro atoms. The fourth-order valence-electron chi connectivity index (χ4n) is 1.85. The highest BCUT2D eigenvalue weighted by Crippen LogP contribution is 2.32. The maximum Gasteiger partial charge on any atom is 0.226 e. The first-order chi connectivity index (χ1) is 6.70. The number of phenolic OH excluding ortho intramolecular Hbond substituents is 1. The molecule has 0 bridgehead atoms. The van der Waals surface area contributed by atoms with Crippen LogP contribution in [0.2, 0.25) is 0 Å². The number of aromatic hydroxyl groups is 1. The zero-order valence-electron chi connectivity index (χ0n) is 8.16. The minimum Gasteiger partial charge on any atom is -0.508 e. The van der Waals surface area contributed by atoms with Crippen LogP contribution in [-0.4, -0.2) is 18.1 Å². The number of hydrogen-bond acceptors (Lipinski definition) is 2. The highest BCUT2D eigenvalue weighted by Gasteiger charge is 2.20. The minimum atomic E-state index is 0.120. The van der Waals surface area contributed by atoms with Gasteiger partial charge in [-0.1, -0.05) is 6.07 Å². The molecule has 1 amide bonds. The molecule has 0 saturated heterocycles. The van der Waals surface area contributed by atoms with Crippen molar-refractivity contribution in [2.24, 2.45) is 0 Å². The summed E-state index contributed by atoms with van der Waals surface area (Å²) in [6.45, 7) is 0. The molecule has 3 nitrogen and oxygen atoms in total. The molecule has 1 N–H and O–H groups in total. The Hall–Kier alpha value is -1.51. The summed E-state index contributed by atoms with van der Waals surface area (Å²) >= 11 is 0. The number of fused-ring (bicyclic) bond motifs is 1. The van der Waals surface area contributed by atoms with Gasteiger partial charge in [0.15, 0.2) is 0 Å². The van der Waals surface area contributed by atoms with E-state index in [1.54, 1.807) is 24.1 Å². The molecule has 3 heteroatoms. The van der Waals surface area contributed by atoms with Crippen molar-refractivity contribution in [2.75, 3.05) is 11.9 Å². The third kappa shape index (κ3) is 1.35. The van der Waals surface area contributed by atoms with Crippen LogP contribution in [0.15, 0.2) is 18.2 Å². The first kappa shape index (κ1) is 9.06. The van der Waals surface area contributed by atoms with Crippen molar-refractivity contribution < 1.29 is 9.90 Å². The Morgan fingerprint density at radius 2 is 2.14 bits per heavy atom. The fourth-order valence-corrected chi connectivity index (χ4v) is 1.85. The zero-order chi connectivity index (χ0) is 10.1. The Morgan fingerprint density at radius 3 is 2.93 bits per heavy atom. The molecule has 0 radical (unpaired) electrons. The molecule has 0 aromatic heterocycles. The maximum atomic E-state index is 11.5. The van der Waals surface area contributed by atoms with Gasteiger partial charge in [0.05, 0.1) is 5.69 Å². The van der Waals surface area contributed by atoms with Crippen molar-refractivity contribution in [2.45, 2.75) is 19.3 Å². The standard InChI is InChI=1S/C11H13NO2/c1-12-9-5-3-6-10(13)8(9)4-2-7-11(12)14/h3,5-6,13H,2,4,7H2,1H3. The van der Waals surface area contributed by atoms with E-state index in [4.69, 9.17) is 0 Å². The lowest BCUT2D eigenvalue weighted by atomic mass is 10.1. The van der Waals surface area contributed by atoms with Crippen LogP contribution >= 0.6 is 0 Å². The van der Waals surface area contributed by atoms with Gasteiger partial charge in [0.25, 0.3) is 0 Å². The van der Waals surface area contributed by atoms with Crippen molar-refractivity contribution in [3.05, 3.63) is 23.8 Å². The molecule has 1 heterocycles. The van der Waals surface area contributed by atoms with Gasteiger partial charge < -0.3 is 10.0 Å². The van der Waals surface area contributed by atoms with Gasteiger partial charge >= 0.3 is 0 Å². The summed E-state index contributed by atoms with van der Waals surface area (Å²) in [5.74, 6) is 0.415. The number of hydrogen-bond donors (Lipinski definition) is 1. The Balaban J connectivity index is 2.53. The molecule has 0 fully saturated rings. The topological polar surface area (TPSA) is 40.5 Å². The van der Waals surface area contributed by atoms with Crippen LogP contribution in [0.1, 0.15) is 18.4 Å². The van der Waals surface area contributed by atoms with Crippen LogP contribution in [0, 0.1) is 0 Å². The van der Waals surface area contributed by atoms with Gasteiger partial charge in [0, 0.05) is 19.0 Å². The van der Waals surface area contributed by atoms with Crippen molar-refractivity contribution in [1.82, 2.24) is 0 Å². The number of rotatable bonds is 0. The molecule has 1 aliphatic rings. The molecule has 1 aliphatic heterocycles. The van der Waals surface area contributed by atoms with E-state index in [-0.39, 0.29) is 5.91 Å². The van der Waals surface area contributed by atoms with Crippen molar-refractivity contribution in [3.63, 3.8) is 0 Å². The maximum absolute atomic E-state index is 11.5. The summed E-state index contributed by atoms with van der Waals surface area (Å²) in [4.78, 5) is 13.2. The van der Waals surface area contributed by atoms with Crippen molar-refractivity contribution in [3.8, 4) is 5.75 Å². The van der Waals surface area contributed by atoms with E-state index >= 15 is 0 Å². The zero-order valence-corrected chi connectivity index (χ0v) is 8.16. The Labute approximate surface area is 83.0 Å². The molecular weight excluding hydrogens is 178 g/mol. The van der Waals surface area contributed by atoms with E-state index in [1.807, 2.05) is 6.07 Å². The molecule has 0 aliphatic carbocycles. The second kappa shape index (κ2) is 3.33. The molecule has 14 heavy (non-hydrogen) atoms. The fraction of sp³-hybridized carbons (Fsp3) is 0.364. The first-order valence-electron chi connectivity index (χ1n) is 4.77. The quantitative estimate of drug-likeness (QED) is 0.678. The summed E-state index contributed by atoms with van der Waals surface area (Å²) in [5.41, 5.74) is 1.73. The summed E-state index contributed by atoms with van der Waals surface area (Å²) in [6, 6.07) is 5.31.